The highest BCUT2D eigenvalue weighted by molar-refractivity contribution is 5.84. The third kappa shape index (κ3) is 2.38. The van der Waals surface area contributed by atoms with Crippen molar-refractivity contribution in [3.8, 4) is 0 Å². The van der Waals surface area contributed by atoms with E-state index in [9.17, 15) is 9.59 Å². The second kappa shape index (κ2) is 5.06. The van der Waals surface area contributed by atoms with Gasteiger partial charge in [-0.25, -0.2) is 0 Å². The summed E-state index contributed by atoms with van der Waals surface area (Å²) in [5.74, 6) is 0.661. The summed E-state index contributed by atoms with van der Waals surface area (Å²) in [6.45, 7) is 0. The largest absolute Gasteiger partial charge is 0.303 e. The number of carbonyl (C=O) groups excluding carboxylic acids is 2. The molecule has 1 aromatic carbocycles. The molecule has 2 nitrogen and oxygen atoms in total. The Morgan fingerprint density at radius 2 is 2.00 bits per heavy atom. The quantitative estimate of drug-likeness (QED) is 0.724. The molecule has 1 aliphatic carbocycles. The van der Waals surface area contributed by atoms with E-state index in [1.165, 1.54) is 5.56 Å². The van der Waals surface area contributed by atoms with Crippen molar-refractivity contribution < 1.29 is 9.59 Å². The van der Waals surface area contributed by atoms with Gasteiger partial charge in [0.05, 0.1) is 0 Å². The summed E-state index contributed by atoms with van der Waals surface area (Å²) >= 11 is 0. The van der Waals surface area contributed by atoms with Crippen molar-refractivity contribution in [2.24, 2.45) is 11.8 Å². The van der Waals surface area contributed by atoms with Crippen LogP contribution in [0.3, 0.4) is 0 Å². The average Bonchev–Trinajstić information content (AvgIpc) is 2.64. The maximum absolute atomic E-state index is 11.7. The fourth-order valence-corrected chi connectivity index (χ4v) is 2.53. The Balaban J connectivity index is 2.07. The minimum Gasteiger partial charge on any atom is -0.303 e. The number of Topliss-reactive ketones (excluding diaryl/α,β-unsaturated/α-hetero) is 1. The smallest absolute Gasteiger partial charge is 0.136 e. The zero-order chi connectivity index (χ0) is 11.4. The van der Waals surface area contributed by atoms with E-state index in [4.69, 9.17) is 0 Å². The molecule has 2 rings (SSSR count). The summed E-state index contributed by atoms with van der Waals surface area (Å²) < 4.78 is 0. The van der Waals surface area contributed by atoms with E-state index in [2.05, 4.69) is 0 Å². The van der Waals surface area contributed by atoms with Gasteiger partial charge in [-0.15, -0.1) is 0 Å². The first-order valence-electron chi connectivity index (χ1n) is 5.81. The lowest BCUT2D eigenvalue weighted by molar-refractivity contribution is -0.121. The molecule has 16 heavy (non-hydrogen) atoms. The number of ketones is 1. The van der Waals surface area contributed by atoms with Gasteiger partial charge >= 0.3 is 0 Å². The predicted molar refractivity (Wildman–Crippen MR) is 62.0 cm³/mol. The maximum atomic E-state index is 11.7. The van der Waals surface area contributed by atoms with Gasteiger partial charge in [0.2, 0.25) is 0 Å². The zero-order valence-electron chi connectivity index (χ0n) is 9.26. The van der Waals surface area contributed by atoms with Crippen molar-refractivity contribution in [2.45, 2.75) is 25.7 Å². The summed E-state index contributed by atoms with van der Waals surface area (Å²) in [5, 5.41) is 0. The first-order chi connectivity index (χ1) is 7.81. The summed E-state index contributed by atoms with van der Waals surface area (Å²) in [5.41, 5.74) is 1.19. The van der Waals surface area contributed by atoms with Crippen molar-refractivity contribution in [1.82, 2.24) is 0 Å². The molecule has 1 fully saturated rings. The van der Waals surface area contributed by atoms with Crippen LogP contribution in [0.2, 0.25) is 0 Å². The number of hydrogen-bond donors (Lipinski definition) is 0. The minimum atomic E-state index is 0.0626. The Morgan fingerprint density at radius 1 is 1.25 bits per heavy atom. The lowest BCUT2D eigenvalue weighted by atomic mass is 9.87. The van der Waals surface area contributed by atoms with Gasteiger partial charge in [-0.2, -0.15) is 0 Å². The van der Waals surface area contributed by atoms with E-state index in [1.54, 1.807) is 0 Å². The maximum Gasteiger partial charge on any atom is 0.136 e. The van der Waals surface area contributed by atoms with Crippen molar-refractivity contribution in [3.63, 3.8) is 0 Å². The molecular formula is C14H16O2. The van der Waals surface area contributed by atoms with Gasteiger partial charge < -0.3 is 4.79 Å². The molecule has 0 aliphatic heterocycles. The molecule has 0 spiro atoms. The monoisotopic (exact) mass is 216 g/mol. The molecule has 1 saturated carbocycles. The van der Waals surface area contributed by atoms with Gasteiger partial charge in [0.15, 0.2) is 0 Å². The normalized spacial score (nSPS) is 24.6. The lowest BCUT2D eigenvalue weighted by Crippen LogP contribution is -2.18. The van der Waals surface area contributed by atoms with Gasteiger partial charge in [-0.05, 0) is 24.3 Å². The van der Waals surface area contributed by atoms with Gasteiger partial charge in [0, 0.05) is 18.8 Å². The van der Waals surface area contributed by atoms with E-state index in [0.717, 1.165) is 19.1 Å². The number of hydrogen-bond acceptors (Lipinski definition) is 2. The van der Waals surface area contributed by atoms with Crippen LogP contribution in [0.4, 0.5) is 0 Å². The second-order valence-corrected chi connectivity index (χ2v) is 4.46. The molecule has 0 saturated heterocycles. The summed E-state index contributed by atoms with van der Waals surface area (Å²) in [4.78, 5) is 22.3. The Labute approximate surface area is 95.7 Å². The van der Waals surface area contributed by atoms with Crippen LogP contribution in [-0.4, -0.2) is 12.1 Å². The predicted octanol–water partition coefficient (Wildman–Crippen LogP) is 2.41. The topological polar surface area (TPSA) is 34.1 Å². The molecule has 0 heterocycles. The molecule has 1 aromatic rings. The van der Waals surface area contributed by atoms with Crippen LogP contribution in [0, 0.1) is 11.8 Å². The Kier molecular flexibility index (Phi) is 3.50. The molecule has 0 radical (unpaired) electrons. The number of carbonyl (C=O) groups is 2. The van der Waals surface area contributed by atoms with Gasteiger partial charge in [0.1, 0.15) is 12.1 Å². The van der Waals surface area contributed by atoms with Crippen molar-refractivity contribution in [1.29, 1.82) is 0 Å². The van der Waals surface area contributed by atoms with Crippen LogP contribution in [0.5, 0.6) is 0 Å². The molecule has 2 unspecified atom stereocenters. The molecule has 0 amide bonds. The Bertz CT molecular complexity index is 370. The second-order valence-electron chi connectivity index (χ2n) is 4.46. The van der Waals surface area contributed by atoms with Crippen LogP contribution in [0.15, 0.2) is 30.3 Å². The summed E-state index contributed by atoms with van der Waals surface area (Å²) in [7, 11) is 0. The average molecular weight is 216 g/mol. The van der Waals surface area contributed by atoms with E-state index in [1.807, 2.05) is 30.3 Å². The van der Waals surface area contributed by atoms with Crippen molar-refractivity contribution in [3.05, 3.63) is 35.9 Å². The first-order valence-corrected chi connectivity index (χ1v) is 5.81. The van der Waals surface area contributed by atoms with Gasteiger partial charge in [-0.1, -0.05) is 30.3 Å². The number of benzene rings is 1. The summed E-state index contributed by atoms with van der Waals surface area (Å²) in [6, 6.07) is 10.0. The van der Waals surface area contributed by atoms with Gasteiger partial charge in [-0.3, -0.25) is 4.79 Å². The highest BCUT2D eigenvalue weighted by Gasteiger charge is 2.33. The summed E-state index contributed by atoms with van der Waals surface area (Å²) in [6.07, 6.45) is 3.80. The van der Waals surface area contributed by atoms with Crippen LogP contribution in [0.25, 0.3) is 0 Å². The molecular weight excluding hydrogens is 200 g/mol. The Morgan fingerprint density at radius 3 is 2.69 bits per heavy atom. The highest BCUT2D eigenvalue weighted by Crippen LogP contribution is 2.33. The van der Waals surface area contributed by atoms with Crippen LogP contribution < -0.4 is 0 Å². The van der Waals surface area contributed by atoms with E-state index >= 15 is 0 Å². The SMILES string of the molecule is O=CCC1CCC(=O)C1Cc1ccccc1. The lowest BCUT2D eigenvalue weighted by Gasteiger charge is -2.15. The van der Waals surface area contributed by atoms with Gasteiger partial charge in [0.25, 0.3) is 0 Å². The van der Waals surface area contributed by atoms with E-state index in [0.29, 0.717) is 18.6 Å². The van der Waals surface area contributed by atoms with Crippen molar-refractivity contribution in [2.75, 3.05) is 0 Å². The third-order valence-electron chi connectivity index (χ3n) is 3.44. The number of rotatable bonds is 4. The molecule has 2 atom stereocenters. The zero-order valence-corrected chi connectivity index (χ0v) is 9.26. The van der Waals surface area contributed by atoms with Crippen LogP contribution >= 0.6 is 0 Å². The van der Waals surface area contributed by atoms with Crippen LogP contribution in [-0.2, 0) is 16.0 Å². The molecule has 84 valence electrons. The van der Waals surface area contributed by atoms with Crippen molar-refractivity contribution >= 4 is 12.1 Å². The molecule has 1 aliphatic rings. The Hall–Kier alpha value is -1.44. The van der Waals surface area contributed by atoms with Crippen LogP contribution in [0.1, 0.15) is 24.8 Å². The minimum absolute atomic E-state index is 0.0626. The number of aldehydes is 1. The molecule has 0 bridgehead atoms. The molecule has 0 aromatic heterocycles. The molecule has 0 N–H and O–H groups in total. The fraction of sp³-hybridized carbons (Fsp3) is 0.429. The molecule has 2 heteroatoms. The first kappa shape index (κ1) is 11.1. The highest BCUT2D eigenvalue weighted by atomic mass is 16.1. The standard InChI is InChI=1S/C14H16O2/c15-9-8-12-6-7-14(16)13(12)10-11-4-2-1-3-5-11/h1-5,9,12-13H,6-8,10H2. The van der Waals surface area contributed by atoms with E-state index in [-0.39, 0.29) is 11.8 Å². The third-order valence-corrected chi connectivity index (χ3v) is 3.44. The van der Waals surface area contributed by atoms with E-state index < -0.39 is 0 Å². The fourth-order valence-electron chi connectivity index (χ4n) is 2.53.